The van der Waals surface area contributed by atoms with E-state index in [0.717, 1.165) is 24.0 Å². The van der Waals surface area contributed by atoms with Crippen LogP contribution >= 0.6 is 11.6 Å². The molecular weight excluding hydrogens is 324 g/mol. The molecule has 0 atom stereocenters. The zero-order valence-corrected chi connectivity index (χ0v) is 15.6. The van der Waals surface area contributed by atoms with Crippen LogP contribution in [-0.2, 0) is 14.1 Å². The van der Waals surface area contributed by atoms with Crippen LogP contribution in [0.15, 0.2) is 18.2 Å². The normalized spacial score (nSPS) is 23.5. The topological polar surface area (TPSA) is 47.6 Å². The van der Waals surface area contributed by atoms with Crippen LogP contribution in [0.4, 0.5) is 5.69 Å². The SMILES string of the molecule is CC1(C)OB(c2ccc(NC3CCC(=O)CC3)c(Cl)c2)OC1(C)C. The largest absolute Gasteiger partial charge is 0.494 e. The molecule has 1 aliphatic heterocycles. The molecule has 1 saturated carbocycles. The van der Waals surface area contributed by atoms with E-state index < -0.39 is 7.12 Å². The molecule has 24 heavy (non-hydrogen) atoms. The molecule has 1 saturated heterocycles. The van der Waals surface area contributed by atoms with Crippen LogP contribution in [0.5, 0.6) is 0 Å². The fourth-order valence-corrected chi connectivity index (χ4v) is 3.32. The van der Waals surface area contributed by atoms with Crippen molar-refractivity contribution in [2.75, 3.05) is 5.32 Å². The number of hydrogen-bond acceptors (Lipinski definition) is 4. The van der Waals surface area contributed by atoms with Gasteiger partial charge in [-0.2, -0.15) is 0 Å². The Morgan fingerprint density at radius 2 is 1.71 bits per heavy atom. The maximum absolute atomic E-state index is 11.3. The van der Waals surface area contributed by atoms with Gasteiger partial charge in [-0.25, -0.2) is 0 Å². The number of hydrogen-bond donors (Lipinski definition) is 1. The number of anilines is 1. The number of Topliss-reactive ketones (excluding diaryl/α,β-unsaturated/α-hetero) is 1. The van der Waals surface area contributed by atoms with Crippen LogP contribution in [0.25, 0.3) is 0 Å². The number of ketones is 1. The van der Waals surface area contributed by atoms with Crippen LogP contribution in [0, 0.1) is 0 Å². The molecule has 1 N–H and O–H groups in total. The minimum atomic E-state index is -0.408. The van der Waals surface area contributed by atoms with Gasteiger partial charge in [0.15, 0.2) is 0 Å². The standard InChI is InChI=1S/C18H25BClNO3/c1-17(2)18(3,4)24-19(23-17)12-5-10-16(15(20)11-12)21-13-6-8-14(22)9-7-13/h5,10-11,13,21H,6-9H2,1-4H3. The van der Waals surface area contributed by atoms with Crippen molar-refractivity contribution < 1.29 is 14.1 Å². The lowest BCUT2D eigenvalue weighted by molar-refractivity contribution is -0.120. The number of carbonyl (C=O) groups excluding carboxylic acids is 1. The Morgan fingerprint density at radius 1 is 1.12 bits per heavy atom. The van der Waals surface area contributed by atoms with Crippen LogP contribution in [-0.4, -0.2) is 30.1 Å². The Labute approximate surface area is 149 Å². The summed E-state index contributed by atoms with van der Waals surface area (Å²) in [6.07, 6.45) is 3.05. The lowest BCUT2D eigenvalue weighted by atomic mass is 9.79. The quantitative estimate of drug-likeness (QED) is 0.848. The van der Waals surface area contributed by atoms with Gasteiger partial charge in [0.25, 0.3) is 0 Å². The maximum atomic E-state index is 11.3. The Morgan fingerprint density at radius 3 is 2.25 bits per heavy atom. The monoisotopic (exact) mass is 349 g/mol. The average Bonchev–Trinajstić information content (AvgIpc) is 2.72. The van der Waals surface area contributed by atoms with Crippen LogP contribution in [0.3, 0.4) is 0 Å². The van der Waals surface area contributed by atoms with E-state index >= 15 is 0 Å². The Kier molecular flexibility index (Phi) is 4.71. The highest BCUT2D eigenvalue weighted by atomic mass is 35.5. The number of nitrogens with one attached hydrogen (secondary N) is 1. The molecule has 1 heterocycles. The second kappa shape index (κ2) is 6.36. The fraction of sp³-hybridized carbons (Fsp3) is 0.611. The molecule has 0 unspecified atom stereocenters. The highest BCUT2D eigenvalue weighted by molar-refractivity contribution is 6.62. The van der Waals surface area contributed by atoms with Gasteiger partial charge in [-0.3, -0.25) is 4.79 Å². The average molecular weight is 350 g/mol. The lowest BCUT2D eigenvalue weighted by Crippen LogP contribution is -2.41. The van der Waals surface area contributed by atoms with Crippen molar-refractivity contribution in [3.8, 4) is 0 Å². The lowest BCUT2D eigenvalue weighted by Gasteiger charge is -2.32. The van der Waals surface area contributed by atoms with Gasteiger partial charge in [-0.05, 0) is 58.1 Å². The number of halogens is 1. The Balaban J connectivity index is 1.70. The van der Waals surface area contributed by atoms with Gasteiger partial charge >= 0.3 is 7.12 Å². The number of carbonyl (C=O) groups is 1. The zero-order valence-electron chi connectivity index (χ0n) is 14.8. The molecule has 4 nitrogen and oxygen atoms in total. The summed E-state index contributed by atoms with van der Waals surface area (Å²) >= 11 is 6.46. The van der Waals surface area contributed by atoms with Crippen molar-refractivity contribution in [1.29, 1.82) is 0 Å². The van der Waals surface area contributed by atoms with E-state index in [-0.39, 0.29) is 11.2 Å². The van der Waals surface area contributed by atoms with E-state index in [4.69, 9.17) is 20.9 Å². The van der Waals surface area contributed by atoms with E-state index in [0.29, 0.717) is 29.7 Å². The van der Waals surface area contributed by atoms with Crippen molar-refractivity contribution in [1.82, 2.24) is 0 Å². The molecule has 3 rings (SSSR count). The van der Waals surface area contributed by atoms with E-state index in [1.54, 1.807) is 0 Å². The Bertz CT molecular complexity index is 621. The molecule has 1 aromatic rings. The summed E-state index contributed by atoms with van der Waals surface area (Å²) < 4.78 is 12.1. The summed E-state index contributed by atoms with van der Waals surface area (Å²) in [5, 5.41) is 4.11. The third kappa shape index (κ3) is 3.49. The first kappa shape index (κ1) is 17.8. The van der Waals surface area contributed by atoms with Gasteiger partial charge in [0.2, 0.25) is 0 Å². The van der Waals surface area contributed by atoms with Crippen molar-refractivity contribution in [2.45, 2.75) is 70.6 Å². The first-order valence-electron chi connectivity index (χ1n) is 8.61. The first-order valence-corrected chi connectivity index (χ1v) is 8.99. The van der Waals surface area contributed by atoms with E-state index in [2.05, 4.69) is 5.32 Å². The van der Waals surface area contributed by atoms with Gasteiger partial charge in [0, 0.05) is 18.9 Å². The summed E-state index contributed by atoms with van der Waals surface area (Å²) in [5.41, 5.74) is 1.09. The van der Waals surface area contributed by atoms with Crippen molar-refractivity contribution in [2.24, 2.45) is 0 Å². The molecule has 6 heteroatoms. The molecule has 2 fully saturated rings. The number of benzene rings is 1. The summed E-state index contributed by atoms with van der Waals surface area (Å²) in [7, 11) is -0.408. The fourth-order valence-electron chi connectivity index (χ4n) is 3.08. The van der Waals surface area contributed by atoms with Crippen LogP contribution < -0.4 is 10.8 Å². The predicted molar refractivity (Wildman–Crippen MR) is 98.1 cm³/mol. The van der Waals surface area contributed by atoms with Crippen molar-refractivity contribution >= 4 is 35.7 Å². The van der Waals surface area contributed by atoms with E-state index in [9.17, 15) is 4.79 Å². The molecule has 2 aliphatic rings. The molecule has 1 aliphatic carbocycles. The minimum Gasteiger partial charge on any atom is -0.399 e. The van der Waals surface area contributed by atoms with E-state index in [1.165, 1.54) is 0 Å². The molecule has 1 aromatic carbocycles. The van der Waals surface area contributed by atoms with Gasteiger partial charge in [-0.15, -0.1) is 0 Å². The molecule has 0 radical (unpaired) electrons. The summed E-state index contributed by atoms with van der Waals surface area (Å²) in [4.78, 5) is 11.3. The van der Waals surface area contributed by atoms with Crippen molar-refractivity contribution in [3.05, 3.63) is 23.2 Å². The molecule has 0 amide bonds. The Hall–Kier alpha value is -1.04. The summed E-state index contributed by atoms with van der Waals surface area (Å²) in [5.74, 6) is 0.357. The van der Waals surface area contributed by atoms with Gasteiger partial charge < -0.3 is 14.6 Å². The van der Waals surface area contributed by atoms with Gasteiger partial charge in [0.1, 0.15) is 5.78 Å². The molecule has 130 valence electrons. The highest BCUT2D eigenvalue weighted by Crippen LogP contribution is 2.37. The highest BCUT2D eigenvalue weighted by Gasteiger charge is 2.51. The molecule has 0 bridgehead atoms. The van der Waals surface area contributed by atoms with Crippen LogP contribution in [0.1, 0.15) is 53.4 Å². The molecule has 0 spiro atoms. The summed E-state index contributed by atoms with van der Waals surface area (Å²) in [6.45, 7) is 8.15. The summed E-state index contributed by atoms with van der Waals surface area (Å²) in [6, 6.07) is 6.17. The number of rotatable bonds is 3. The van der Waals surface area contributed by atoms with Crippen LogP contribution in [0.2, 0.25) is 5.02 Å². The predicted octanol–water partition coefficient (Wildman–Crippen LogP) is 3.56. The zero-order chi connectivity index (χ0) is 17.5. The van der Waals surface area contributed by atoms with Crippen molar-refractivity contribution in [3.63, 3.8) is 0 Å². The third-order valence-electron chi connectivity index (χ3n) is 5.42. The maximum Gasteiger partial charge on any atom is 0.494 e. The third-order valence-corrected chi connectivity index (χ3v) is 5.73. The van der Waals surface area contributed by atoms with Gasteiger partial charge in [0.05, 0.1) is 21.9 Å². The van der Waals surface area contributed by atoms with E-state index in [1.807, 2.05) is 45.9 Å². The smallest absolute Gasteiger partial charge is 0.399 e. The molecule has 0 aromatic heterocycles. The van der Waals surface area contributed by atoms with Gasteiger partial charge in [-0.1, -0.05) is 17.7 Å². The second-order valence-corrected chi connectivity index (χ2v) is 8.19. The second-order valence-electron chi connectivity index (χ2n) is 7.78. The minimum absolute atomic E-state index is 0.308. The first-order chi connectivity index (χ1) is 11.2. The molecular formula is C18H25BClNO3.